The summed E-state index contributed by atoms with van der Waals surface area (Å²) in [6.45, 7) is 8.45. The Morgan fingerprint density at radius 2 is 1.76 bits per heavy atom. The van der Waals surface area contributed by atoms with Gasteiger partial charge in [0.15, 0.2) is 0 Å². The van der Waals surface area contributed by atoms with Crippen molar-refractivity contribution in [2.24, 2.45) is 5.92 Å². The van der Waals surface area contributed by atoms with Gasteiger partial charge in [-0.05, 0) is 43.0 Å². The van der Waals surface area contributed by atoms with E-state index in [4.69, 9.17) is 4.74 Å². The minimum absolute atomic E-state index is 0.386. The summed E-state index contributed by atoms with van der Waals surface area (Å²) < 4.78 is 32.2. The Kier molecular flexibility index (Phi) is 6.15. The molecule has 0 spiro atoms. The van der Waals surface area contributed by atoms with E-state index in [-0.39, 0.29) is 0 Å². The van der Waals surface area contributed by atoms with Gasteiger partial charge in [0, 0.05) is 25.7 Å². The fourth-order valence-electron chi connectivity index (χ4n) is 3.91. The first-order valence-corrected chi connectivity index (χ1v) is 10.8. The Labute approximate surface area is 152 Å². The van der Waals surface area contributed by atoms with Gasteiger partial charge in [-0.15, -0.1) is 0 Å². The number of ether oxygens (including phenoxy) is 1. The van der Waals surface area contributed by atoms with Crippen molar-refractivity contribution in [3.63, 3.8) is 0 Å². The van der Waals surface area contributed by atoms with Gasteiger partial charge in [0.2, 0.25) is 10.0 Å². The van der Waals surface area contributed by atoms with Crippen molar-refractivity contribution in [2.75, 3.05) is 32.8 Å². The van der Waals surface area contributed by atoms with Gasteiger partial charge in [0.25, 0.3) is 0 Å². The highest BCUT2D eigenvalue weighted by molar-refractivity contribution is 7.89. The molecular weight excluding hydrogens is 336 g/mol. The highest BCUT2D eigenvalue weighted by atomic mass is 32.2. The molecule has 140 valence electrons. The van der Waals surface area contributed by atoms with Crippen molar-refractivity contribution in [2.45, 2.75) is 50.6 Å². The van der Waals surface area contributed by atoms with Crippen LogP contribution in [0.2, 0.25) is 0 Å². The Morgan fingerprint density at radius 3 is 2.40 bits per heavy atom. The maximum atomic E-state index is 12.7. The minimum Gasteiger partial charge on any atom is -0.379 e. The third-order valence-corrected chi connectivity index (χ3v) is 7.26. The molecule has 1 atom stereocenters. The molecule has 5 nitrogen and oxygen atoms in total. The van der Waals surface area contributed by atoms with Crippen molar-refractivity contribution in [3.05, 3.63) is 29.8 Å². The van der Waals surface area contributed by atoms with Gasteiger partial charge >= 0.3 is 0 Å². The second kappa shape index (κ2) is 8.16. The van der Waals surface area contributed by atoms with Crippen LogP contribution in [0.5, 0.6) is 0 Å². The molecule has 0 N–H and O–H groups in total. The number of morpholine rings is 1. The molecule has 2 heterocycles. The first-order chi connectivity index (χ1) is 12.0. The highest BCUT2D eigenvalue weighted by Crippen LogP contribution is 2.25. The zero-order valence-corrected chi connectivity index (χ0v) is 16.2. The second-order valence-electron chi connectivity index (χ2n) is 7.44. The zero-order chi connectivity index (χ0) is 17.9. The fraction of sp³-hybridized carbons (Fsp3) is 0.684. The summed E-state index contributed by atoms with van der Waals surface area (Å²) in [7, 11) is -3.40. The Bertz CT molecular complexity index is 652. The highest BCUT2D eigenvalue weighted by Gasteiger charge is 2.27. The van der Waals surface area contributed by atoms with Crippen LogP contribution in [-0.2, 0) is 21.3 Å². The van der Waals surface area contributed by atoms with Crippen molar-refractivity contribution < 1.29 is 13.2 Å². The van der Waals surface area contributed by atoms with Crippen molar-refractivity contribution in [1.29, 1.82) is 0 Å². The SMILES string of the molecule is CC(C)C1CCCCN1Cc1ccc(S(=O)(=O)N2CCOCC2)cc1. The summed E-state index contributed by atoms with van der Waals surface area (Å²) in [5.74, 6) is 0.654. The molecule has 0 aromatic heterocycles. The van der Waals surface area contributed by atoms with E-state index < -0.39 is 10.0 Å². The average Bonchev–Trinajstić information content (AvgIpc) is 2.63. The molecule has 2 aliphatic heterocycles. The summed E-state index contributed by atoms with van der Waals surface area (Å²) >= 11 is 0. The van der Waals surface area contributed by atoms with Gasteiger partial charge in [-0.25, -0.2) is 8.42 Å². The molecule has 0 radical (unpaired) electrons. The van der Waals surface area contributed by atoms with Crippen LogP contribution < -0.4 is 0 Å². The smallest absolute Gasteiger partial charge is 0.243 e. The Morgan fingerprint density at radius 1 is 1.08 bits per heavy atom. The van der Waals surface area contributed by atoms with Crippen LogP contribution >= 0.6 is 0 Å². The predicted molar refractivity (Wildman–Crippen MR) is 98.9 cm³/mol. The van der Waals surface area contributed by atoms with E-state index in [1.165, 1.54) is 29.1 Å². The van der Waals surface area contributed by atoms with Gasteiger partial charge in [-0.3, -0.25) is 4.90 Å². The van der Waals surface area contributed by atoms with Crippen LogP contribution in [-0.4, -0.2) is 56.5 Å². The largest absolute Gasteiger partial charge is 0.379 e. The molecular formula is C19H30N2O3S. The molecule has 3 rings (SSSR count). The molecule has 0 amide bonds. The molecule has 2 aliphatic rings. The van der Waals surface area contributed by atoms with Crippen molar-refractivity contribution in [3.8, 4) is 0 Å². The van der Waals surface area contributed by atoms with Crippen LogP contribution in [0.3, 0.4) is 0 Å². The number of hydrogen-bond acceptors (Lipinski definition) is 4. The molecule has 0 saturated carbocycles. The van der Waals surface area contributed by atoms with Crippen LogP contribution in [0.4, 0.5) is 0 Å². The summed E-state index contributed by atoms with van der Waals surface area (Å²) in [5.41, 5.74) is 1.19. The van der Waals surface area contributed by atoms with Gasteiger partial charge < -0.3 is 4.74 Å². The molecule has 25 heavy (non-hydrogen) atoms. The maximum absolute atomic E-state index is 12.7. The summed E-state index contributed by atoms with van der Waals surface area (Å²) in [6, 6.07) is 8.09. The lowest BCUT2D eigenvalue weighted by Gasteiger charge is -2.38. The number of rotatable bonds is 5. The van der Waals surface area contributed by atoms with E-state index in [0.29, 0.717) is 43.2 Å². The lowest BCUT2D eigenvalue weighted by molar-refractivity contribution is 0.0730. The first kappa shape index (κ1) is 18.8. The van der Waals surface area contributed by atoms with Crippen LogP contribution in [0, 0.1) is 5.92 Å². The minimum atomic E-state index is -3.40. The summed E-state index contributed by atoms with van der Waals surface area (Å²) in [6.07, 6.45) is 3.84. The molecule has 6 heteroatoms. The normalized spacial score (nSPS) is 23.9. The Hall–Kier alpha value is -0.950. The van der Waals surface area contributed by atoms with Gasteiger partial charge in [0.05, 0.1) is 18.1 Å². The number of piperidine rings is 1. The third-order valence-electron chi connectivity index (χ3n) is 5.35. The second-order valence-corrected chi connectivity index (χ2v) is 9.38. The van der Waals surface area contributed by atoms with Gasteiger partial charge in [0.1, 0.15) is 0 Å². The monoisotopic (exact) mass is 366 g/mol. The number of benzene rings is 1. The molecule has 2 saturated heterocycles. The fourth-order valence-corrected chi connectivity index (χ4v) is 5.31. The van der Waals surface area contributed by atoms with Crippen molar-refractivity contribution in [1.82, 2.24) is 9.21 Å². The quantitative estimate of drug-likeness (QED) is 0.804. The van der Waals surface area contributed by atoms with Crippen LogP contribution in [0.1, 0.15) is 38.7 Å². The zero-order valence-electron chi connectivity index (χ0n) is 15.4. The van der Waals surface area contributed by atoms with E-state index >= 15 is 0 Å². The molecule has 1 aromatic carbocycles. The third kappa shape index (κ3) is 4.42. The summed E-state index contributed by atoms with van der Waals surface area (Å²) in [4.78, 5) is 2.94. The van der Waals surface area contributed by atoms with Crippen molar-refractivity contribution >= 4 is 10.0 Å². The number of nitrogens with zero attached hydrogens (tertiary/aromatic N) is 2. The number of hydrogen-bond donors (Lipinski definition) is 0. The Balaban J connectivity index is 1.69. The molecule has 0 bridgehead atoms. The number of likely N-dealkylation sites (tertiary alicyclic amines) is 1. The van der Waals surface area contributed by atoms with E-state index in [0.717, 1.165) is 13.1 Å². The molecule has 1 unspecified atom stereocenters. The van der Waals surface area contributed by atoms with Crippen LogP contribution in [0.15, 0.2) is 29.2 Å². The lowest BCUT2D eigenvalue weighted by atomic mass is 9.92. The van der Waals surface area contributed by atoms with E-state index in [2.05, 4.69) is 18.7 Å². The topological polar surface area (TPSA) is 49.9 Å². The molecule has 2 fully saturated rings. The molecule has 1 aromatic rings. The summed E-state index contributed by atoms with van der Waals surface area (Å²) in [5, 5.41) is 0. The van der Waals surface area contributed by atoms with Crippen LogP contribution in [0.25, 0.3) is 0 Å². The van der Waals surface area contributed by atoms with E-state index in [1.807, 2.05) is 12.1 Å². The van der Waals surface area contributed by atoms with E-state index in [1.54, 1.807) is 12.1 Å². The standard InChI is InChI=1S/C19H30N2O3S/c1-16(2)19-5-3-4-10-20(19)15-17-6-8-18(9-7-17)25(22,23)21-11-13-24-14-12-21/h6-9,16,19H,3-5,10-15H2,1-2H3. The predicted octanol–water partition coefficient (Wildman–Crippen LogP) is 2.72. The maximum Gasteiger partial charge on any atom is 0.243 e. The van der Waals surface area contributed by atoms with E-state index in [9.17, 15) is 8.42 Å². The first-order valence-electron chi connectivity index (χ1n) is 9.39. The van der Waals surface area contributed by atoms with Gasteiger partial charge in [-0.2, -0.15) is 4.31 Å². The number of sulfonamides is 1. The lowest BCUT2D eigenvalue weighted by Crippen LogP contribution is -2.42. The van der Waals surface area contributed by atoms with Gasteiger partial charge in [-0.1, -0.05) is 32.4 Å². The molecule has 0 aliphatic carbocycles. The average molecular weight is 367 g/mol.